The number of aromatic nitrogens is 1. The number of rotatable bonds is 5. The summed E-state index contributed by atoms with van der Waals surface area (Å²) < 4.78 is 5.48. The van der Waals surface area contributed by atoms with E-state index in [1.165, 1.54) is 18.4 Å². The molecule has 3 nitrogen and oxygen atoms in total. The van der Waals surface area contributed by atoms with Crippen LogP contribution in [0.3, 0.4) is 0 Å². The molecule has 0 saturated heterocycles. The first-order valence-corrected chi connectivity index (χ1v) is 7.05. The Morgan fingerprint density at radius 2 is 2.00 bits per heavy atom. The third kappa shape index (κ3) is 4.35. The summed E-state index contributed by atoms with van der Waals surface area (Å²) in [6, 6.07) is 6.31. The van der Waals surface area contributed by atoms with Crippen molar-refractivity contribution in [3.05, 3.63) is 29.7 Å². The Morgan fingerprint density at radius 3 is 2.74 bits per heavy atom. The Balaban J connectivity index is 1.81. The standard InChI is InChI=1S/C16H24N2O/c1-12-18-14-11-13(8-9-15(14)19-12)7-5-6-10-17-16(2,3)4/h8-9,11,17H,5-7,10H2,1-4H3. The first kappa shape index (κ1) is 14.1. The largest absolute Gasteiger partial charge is 0.441 e. The van der Waals surface area contributed by atoms with Crippen molar-refractivity contribution < 1.29 is 4.42 Å². The van der Waals surface area contributed by atoms with Crippen molar-refractivity contribution in [2.24, 2.45) is 0 Å². The maximum Gasteiger partial charge on any atom is 0.192 e. The number of hydrogen-bond acceptors (Lipinski definition) is 3. The highest BCUT2D eigenvalue weighted by molar-refractivity contribution is 5.73. The predicted molar refractivity (Wildman–Crippen MR) is 79.4 cm³/mol. The highest BCUT2D eigenvalue weighted by Crippen LogP contribution is 2.17. The first-order valence-electron chi connectivity index (χ1n) is 7.05. The van der Waals surface area contributed by atoms with Gasteiger partial charge in [-0.25, -0.2) is 4.98 Å². The minimum Gasteiger partial charge on any atom is -0.441 e. The zero-order chi connectivity index (χ0) is 13.9. The highest BCUT2D eigenvalue weighted by atomic mass is 16.3. The zero-order valence-electron chi connectivity index (χ0n) is 12.4. The third-order valence-corrected chi connectivity index (χ3v) is 3.11. The monoisotopic (exact) mass is 260 g/mol. The molecule has 0 unspecified atom stereocenters. The number of aryl methyl sites for hydroxylation is 2. The summed E-state index contributed by atoms with van der Waals surface area (Å²) in [5.41, 5.74) is 3.42. The van der Waals surface area contributed by atoms with Gasteiger partial charge in [0.25, 0.3) is 0 Å². The molecule has 0 aliphatic rings. The number of nitrogens with zero attached hydrogens (tertiary/aromatic N) is 1. The maximum absolute atomic E-state index is 5.48. The van der Waals surface area contributed by atoms with Gasteiger partial charge in [0.15, 0.2) is 11.5 Å². The smallest absolute Gasteiger partial charge is 0.192 e. The molecule has 19 heavy (non-hydrogen) atoms. The van der Waals surface area contributed by atoms with Gasteiger partial charge in [0.2, 0.25) is 0 Å². The highest BCUT2D eigenvalue weighted by Gasteiger charge is 2.07. The summed E-state index contributed by atoms with van der Waals surface area (Å²) in [5.74, 6) is 0.738. The van der Waals surface area contributed by atoms with Crippen LogP contribution in [-0.4, -0.2) is 17.1 Å². The lowest BCUT2D eigenvalue weighted by Gasteiger charge is -2.20. The Labute approximate surface area is 115 Å². The summed E-state index contributed by atoms with van der Waals surface area (Å²) in [6.45, 7) is 9.57. The molecule has 0 fully saturated rings. The third-order valence-electron chi connectivity index (χ3n) is 3.11. The number of oxazole rings is 1. The van der Waals surface area contributed by atoms with Crippen molar-refractivity contribution in [2.45, 2.75) is 52.5 Å². The topological polar surface area (TPSA) is 38.1 Å². The average Bonchev–Trinajstić information content (AvgIpc) is 2.66. The van der Waals surface area contributed by atoms with Crippen LogP contribution in [-0.2, 0) is 6.42 Å². The van der Waals surface area contributed by atoms with E-state index in [0.29, 0.717) is 0 Å². The molecular weight excluding hydrogens is 236 g/mol. The molecule has 0 atom stereocenters. The van der Waals surface area contributed by atoms with Crippen LogP contribution in [0.5, 0.6) is 0 Å². The molecule has 0 spiro atoms. The molecule has 0 aliphatic heterocycles. The summed E-state index contributed by atoms with van der Waals surface area (Å²) in [6.07, 6.45) is 3.51. The zero-order valence-corrected chi connectivity index (χ0v) is 12.4. The molecule has 1 aromatic heterocycles. The lowest BCUT2D eigenvalue weighted by atomic mass is 10.1. The second-order valence-corrected chi connectivity index (χ2v) is 6.17. The Kier molecular flexibility index (Phi) is 4.25. The van der Waals surface area contributed by atoms with Crippen LogP contribution >= 0.6 is 0 Å². The summed E-state index contributed by atoms with van der Waals surface area (Å²) >= 11 is 0. The molecule has 1 aromatic carbocycles. The number of nitrogens with one attached hydrogen (secondary N) is 1. The molecular formula is C16H24N2O. The van der Waals surface area contributed by atoms with E-state index < -0.39 is 0 Å². The molecule has 0 bridgehead atoms. The van der Waals surface area contributed by atoms with Crippen molar-refractivity contribution >= 4 is 11.1 Å². The van der Waals surface area contributed by atoms with Gasteiger partial charge in [0.1, 0.15) is 5.52 Å². The molecule has 0 aliphatic carbocycles. The van der Waals surface area contributed by atoms with Crippen molar-refractivity contribution in [2.75, 3.05) is 6.54 Å². The second-order valence-electron chi connectivity index (χ2n) is 6.17. The average molecular weight is 260 g/mol. The van der Waals surface area contributed by atoms with Crippen molar-refractivity contribution in [1.29, 1.82) is 0 Å². The van der Waals surface area contributed by atoms with Crippen LogP contribution in [0.4, 0.5) is 0 Å². The molecule has 3 heteroatoms. The van der Waals surface area contributed by atoms with Crippen molar-refractivity contribution in [3.8, 4) is 0 Å². The van der Waals surface area contributed by atoms with Crippen LogP contribution in [0.25, 0.3) is 11.1 Å². The van der Waals surface area contributed by atoms with Gasteiger partial charge in [0.05, 0.1) is 0 Å². The van der Waals surface area contributed by atoms with Crippen LogP contribution in [0.15, 0.2) is 22.6 Å². The minimum atomic E-state index is 0.219. The molecule has 1 heterocycles. The predicted octanol–water partition coefficient (Wildman–Crippen LogP) is 3.85. The van der Waals surface area contributed by atoms with Gasteiger partial charge in [-0.2, -0.15) is 0 Å². The minimum absolute atomic E-state index is 0.219. The normalized spacial score (nSPS) is 12.2. The van der Waals surface area contributed by atoms with Crippen molar-refractivity contribution in [3.63, 3.8) is 0 Å². The molecule has 2 rings (SSSR count). The fourth-order valence-electron chi connectivity index (χ4n) is 2.16. The molecule has 0 saturated carbocycles. The molecule has 0 amide bonds. The Hall–Kier alpha value is -1.35. The summed E-state index contributed by atoms with van der Waals surface area (Å²) in [7, 11) is 0. The van der Waals surface area contributed by atoms with E-state index in [-0.39, 0.29) is 5.54 Å². The second kappa shape index (κ2) is 5.74. The van der Waals surface area contributed by atoms with E-state index in [2.05, 4.69) is 43.2 Å². The number of hydrogen-bond donors (Lipinski definition) is 1. The van der Waals surface area contributed by atoms with Gasteiger partial charge in [-0.1, -0.05) is 6.07 Å². The number of benzene rings is 1. The van der Waals surface area contributed by atoms with E-state index in [1.807, 2.05) is 13.0 Å². The fourth-order valence-corrected chi connectivity index (χ4v) is 2.16. The van der Waals surface area contributed by atoms with Gasteiger partial charge in [-0.3, -0.25) is 0 Å². The van der Waals surface area contributed by atoms with E-state index in [4.69, 9.17) is 4.42 Å². The fraction of sp³-hybridized carbons (Fsp3) is 0.562. The van der Waals surface area contributed by atoms with E-state index in [9.17, 15) is 0 Å². The van der Waals surface area contributed by atoms with Gasteiger partial charge in [-0.05, 0) is 64.3 Å². The molecule has 104 valence electrons. The summed E-state index contributed by atoms with van der Waals surface area (Å²) in [5, 5.41) is 3.51. The molecule has 1 N–H and O–H groups in total. The van der Waals surface area contributed by atoms with Crippen LogP contribution in [0, 0.1) is 6.92 Å². The Bertz CT molecular complexity index is 537. The van der Waals surface area contributed by atoms with Crippen LogP contribution in [0.1, 0.15) is 45.1 Å². The quantitative estimate of drug-likeness (QED) is 0.830. The first-order chi connectivity index (χ1) is 8.94. The van der Waals surface area contributed by atoms with E-state index in [1.54, 1.807) is 0 Å². The van der Waals surface area contributed by atoms with Gasteiger partial charge >= 0.3 is 0 Å². The van der Waals surface area contributed by atoms with Crippen LogP contribution < -0.4 is 5.32 Å². The van der Waals surface area contributed by atoms with Crippen molar-refractivity contribution in [1.82, 2.24) is 10.3 Å². The maximum atomic E-state index is 5.48. The lowest BCUT2D eigenvalue weighted by Crippen LogP contribution is -2.36. The molecule has 2 aromatic rings. The Morgan fingerprint density at radius 1 is 1.21 bits per heavy atom. The van der Waals surface area contributed by atoms with E-state index in [0.717, 1.165) is 30.0 Å². The van der Waals surface area contributed by atoms with Gasteiger partial charge < -0.3 is 9.73 Å². The SMILES string of the molecule is Cc1nc2cc(CCCCNC(C)(C)C)ccc2o1. The molecule has 0 radical (unpaired) electrons. The van der Waals surface area contributed by atoms with Gasteiger partial charge in [0, 0.05) is 12.5 Å². The number of unbranched alkanes of at least 4 members (excludes halogenated alkanes) is 1. The number of fused-ring (bicyclic) bond motifs is 1. The van der Waals surface area contributed by atoms with Crippen LogP contribution in [0.2, 0.25) is 0 Å². The van der Waals surface area contributed by atoms with E-state index >= 15 is 0 Å². The lowest BCUT2D eigenvalue weighted by molar-refractivity contribution is 0.419. The van der Waals surface area contributed by atoms with Gasteiger partial charge in [-0.15, -0.1) is 0 Å². The summed E-state index contributed by atoms with van der Waals surface area (Å²) in [4.78, 5) is 4.37.